The number of carbonyl (C=O) groups is 1. The predicted molar refractivity (Wildman–Crippen MR) is 107 cm³/mol. The van der Waals surface area contributed by atoms with E-state index >= 15 is 0 Å². The lowest BCUT2D eigenvalue weighted by Crippen LogP contribution is -2.50. The molecular formula is C20H23N7O2. The van der Waals surface area contributed by atoms with Crippen molar-refractivity contribution >= 4 is 23.2 Å². The second-order valence-corrected chi connectivity index (χ2v) is 7.99. The molecule has 1 N–H and O–H groups in total. The lowest BCUT2D eigenvalue weighted by atomic mass is 9.93. The first kappa shape index (κ1) is 17.8. The molecule has 29 heavy (non-hydrogen) atoms. The minimum absolute atomic E-state index is 0.240. The van der Waals surface area contributed by atoms with E-state index < -0.39 is 0 Å². The van der Waals surface area contributed by atoms with E-state index in [0.717, 1.165) is 30.5 Å². The van der Waals surface area contributed by atoms with Crippen LogP contribution in [0.3, 0.4) is 0 Å². The number of anilines is 2. The Labute approximate surface area is 168 Å². The summed E-state index contributed by atoms with van der Waals surface area (Å²) in [5.74, 6) is 2.01. The van der Waals surface area contributed by atoms with Crippen molar-refractivity contribution in [3.05, 3.63) is 36.2 Å². The Balaban J connectivity index is 1.28. The molecular weight excluding hydrogens is 370 g/mol. The number of ether oxygens (including phenoxy) is 1. The van der Waals surface area contributed by atoms with Gasteiger partial charge in [-0.25, -0.2) is 15.0 Å². The minimum atomic E-state index is -0.372. The molecule has 2 aliphatic rings. The number of methoxy groups -OCH3 is 1. The van der Waals surface area contributed by atoms with Gasteiger partial charge in [-0.3, -0.25) is 9.20 Å². The van der Waals surface area contributed by atoms with Crippen molar-refractivity contribution in [1.29, 1.82) is 0 Å². The highest BCUT2D eigenvalue weighted by atomic mass is 16.5. The Kier molecular flexibility index (Phi) is 3.94. The van der Waals surface area contributed by atoms with E-state index in [9.17, 15) is 4.79 Å². The molecule has 0 bridgehead atoms. The minimum Gasteiger partial charge on any atom is -0.478 e. The first-order valence-corrected chi connectivity index (χ1v) is 9.80. The Hall–Kier alpha value is -3.23. The van der Waals surface area contributed by atoms with Crippen LogP contribution in [0.25, 0.3) is 5.65 Å². The van der Waals surface area contributed by atoms with Crippen molar-refractivity contribution in [2.24, 2.45) is 11.3 Å². The van der Waals surface area contributed by atoms with E-state index in [2.05, 4.69) is 37.1 Å². The summed E-state index contributed by atoms with van der Waals surface area (Å²) >= 11 is 0. The van der Waals surface area contributed by atoms with Crippen LogP contribution in [0.5, 0.6) is 5.88 Å². The fraction of sp³-hybridized carbons (Fsp3) is 0.450. The van der Waals surface area contributed by atoms with Gasteiger partial charge in [-0.05, 0) is 19.3 Å². The maximum atomic E-state index is 12.6. The highest BCUT2D eigenvalue weighted by Gasteiger charge is 2.60. The molecule has 1 aliphatic carbocycles. The summed E-state index contributed by atoms with van der Waals surface area (Å²) in [6.07, 6.45) is 9.29. The Morgan fingerprint density at radius 1 is 1.28 bits per heavy atom. The highest BCUT2D eigenvalue weighted by molar-refractivity contribution is 6.02. The van der Waals surface area contributed by atoms with Gasteiger partial charge < -0.3 is 15.0 Å². The SMILES string of the molecule is CCC1CC12CN(c1cnc(C(=O)Nc3cn4cc(C)nc4c(OC)n3)cn1)C2. The number of hydrogen-bond acceptors (Lipinski definition) is 7. The number of aryl methyl sites for hydroxylation is 1. The lowest BCUT2D eigenvalue weighted by Gasteiger charge is -2.41. The second kappa shape index (κ2) is 6.40. The van der Waals surface area contributed by atoms with Crippen molar-refractivity contribution in [3.8, 4) is 5.88 Å². The number of fused-ring (bicyclic) bond motifs is 1. The van der Waals surface area contributed by atoms with Crippen LogP contribution in [0, 0.1) is 18.3 Å². The van der Waals surface area contributed by atoms with Crippen molar-refractivity contribution in [1.82, 2.24) is 24.3 Å². The van der Waals surface area contributed by atoms with E-state index in [0.29, 0.717) is 22.8 Å². The first-order valence-electron chi connectivity index (χ1n) is 9.80. The molecule has 1 saturated carbocycles. The fourth-order valence-electron chi connectivity index (χ4n) is 4.34. The molecule has 5 rings (SSSR count). The van der Waals surface area contributed by atoms with E-state index in [-0.39, 0.29) is 11.6 Å². The third-order valence-corrected chi connectivity index (χ3v) is 6.02. The van der Waals surface area contributed by atoms with Crippen LogP contribution in [-0.4, -0.2) is 50.4 Å². The molecule has 9 heteroatoms. The average Bonchev–Trinajstić information content (AvgIpc) is 3.32. The van der Waals surface area contributed by atoms with Gasteiger partial charge >= 0.3 is 0 Å². The highest BCUT2D eigenvalue weighted by Crippen LogP contribution is 2.60. The molecule has 1 amide bonds. The number of imidazole rings is 1. The number of carbonyl (C=O) groups excluding carboxylic acids is 1. The van der Waals surface area contributed by atoms with E-state index in [1.807, 2.05) is 13.1 Å². The van der Waals surface area contributed by atoms with Crippen LogP contribution in [0.1, 0.15) is 35.9 Å². The normalized spacial score (nSPS) is 19.3. The van der Waals surface area contributed by atoms with Crippen molar-refractivity contribution in [2.45, 2.75) is 26.7 Å². The van der Waals surface area contributed by atoms with E-state index in [1.165, 1.54) is 26.1 Å². The number of aromatic nitrogens is 5. The van der Waals surface area contributed by atoms with Crippen LogP contribution in [-0.2, 0) is 0 Å². The molecule has 0 aromatic carbocycles. The molecule has 1 spiro atoms. The summed E-state index contributed by atoms with van der Waals surface area (Å²) in [5.41, 5.74) is 2.19. The van der Waals surface area contributed by atoms with Gasteiger partial charge in [0.1, 0.15) is 11.5 Å². The number of hydrogen-bond donors (Lipinski definition) is 1. The van der Waals surface area contributed by atoms with Gasteiger partial charge in [-0.2, -0.15) is 4.98 Å². The Morgan fingerprint density at radius 3 is 2.76 bits per heavy atom. The lowest BCUT2D eigenvalue weighted by molar-refractivity contribution is 0.102. The summed E-state index contributed by atoms with van der Waals surface area (Å²) in [7, 11) is 1.52. The second-order valence-electron chi connectivity index (χ2n) is 7.99. The number of rotatable bonds is 5. The monoisotopic (exact) mass is 393 g/mol. The molecule has 4 heterocycles. The van der Waals surface area contributed by atoms with E-state index in [4.69, 9.17) is 4.74 Å². The van der Waals surface area contributed by atoms with Gasteiger partial charge in [0.2, 0.25) is 5.65 Å². The Morgan fingerprint density at radius 2 is 2.10 bits per heavy atom. The van der Waals surface area contributed by atoms with Gasteiger partial charge in [0.15, 0.2) is 5.82 Å². The van der Waals surface area contributed by atoms with Gasteiger partial charge in [0, 0.05) is 24.7 Å². The fourth-order valence-corrected chi connectivity index (χ4v) is 4.34. The number of nitrogens with one attached hydrogen (secondary N) is 1. The number of nitrogens with zero attached hydrogens (tertiary/aromatic N) is 6. The topological polar surface area (TPSA) is 97.5 Å². The summed E-state index contributed by atoms with van der Waals surface area (Å²) in [6.45, 7) is 6.22. The number of amides is 1. The molecule has 150 valence electrons. The van der Waals surface area contributed by atoms with Crippen molar-refractivity contribution < 1.29 is 9.53 Å². The van der Waals surface area contributed by atoms with Crippen LogP contribution in [0.4, 0.5) is 11.6 Å². The third-order valence-electron chi connectivity index (χ3n) is 6.02. The van der Waals surface area contributed by atoms with Crippen LogP contribution < -0.4 is 15.0 Å². The predicted octanol–water partition coefficient (Wildman–Crippen LogP) is 2.32. The van der Waals surface area contributed by atoms with Crippen LogP contribution >= 0.6 is 0 Å². The quantitative estimate of drug-likeness (QED) is 0.710. The molecule has 1 atom stereocenters. The third kappa shape index (κ3) is 2.97. The van der Waals surface area contributed by atoms with Gasteiger partial charge in [-0.15, -0.1) is 0 Å². The Bertz CT molecular complexity index is 1090. The molecule has 9 nitrogen and oxygen atoms in total. The van der Waals surface area contributed by atoms with Crippen LogP contribution in [0.15, 0.2) is 24.8 Å². The summed E-state index contributed by atoms with van der Waals surface area (Å²) in [4.78, 5) is 32.2. The van der Waals surface area contributed by atoms with E-state index in [1.54, 1.807) is 16.8 Å². The summed E-state index contributed by atoms with van der Waals surface area (Å²) in [6, 6.07) is 0. The zero-order valence-corrected chi connectivity index (χ0v) is 16.7. The first-order chi connectivity index (χ1) is 14.0. The molecule has 3 aromatic rings. The molecule has 3 aromatic heterocycles. The average molecular weight is 393 g/mol. The molecule has 0 radical (unpaired) electrons. The smallest absolute Gasteiger partial charge is 0.277 e. The maximum Gasteiger partial charge on any atom is 0.277 e. The zero-order chi connectivity index (χ0) is 20.2. The molecule has 1 unspecified atom stereocenters. The largest absolute Gasteiger partial charge is 0.478 e. The van der Waals surface area contributed by atoms with Crippen molar-refractivity contribution in [3.63, 3.8) is 0 Å². The van der Waals surface area contributed by atoms with Crippen molar-refractivity contribution in [2.75, 3.05) is 30.4 Å². The molecule has 2 fully saturated rings. The molecule has 1 saturated heterocycles. The summed E-state index contributed by atoms with van der Waals surface area (Å²) < 4.78 is 7.06. The molecule has 1 aliphatic heterocycles. The van der Waals surface area contributed by atoms with Crippen LogP contribution in [0.2, 0.25) is 0 Å². The summed E-state index contributed by atoms with van der Waals surface area (Å²) in [5, 5.41) is 2.75. The standard InChI is InChI=1S/C20H23N7O2/c1-4-13-5-20(13)10-27(11-20)16-7-21-14(6-22-16)18(28)24-15-9-26-8-12(2)23-17(26)19(25-15)29-3/h6-9,13H,4-5,10-11H2,1-3H3,(H,24,28). The van der Waals surface area contributed by atoms with Gasteiger partial charge in [0.05, 0.1) is 31.4 Å². The zero-order valence-electron chi connectivity index (χ0n) is 16.7. The van der Waals surface area contributed by atoms with Gasteiger partial charge in [-0.1, -0.05) is 13.3 Å². The van der Waals surface area contributed by atoms with Gasteiger partial charge in [0.25, 0.3) is 11.8 Å². The maximum absolute atomic E-state index is 12.6.